The third-order valence-electron chi connectivity index (χ3n) is 2.67. The van der Waals surface area contributed by atoms with Crippen LogP contribution in [0.1, 0.15) is 13.3 Å². The maximum absolute atomic E-state index is 11.2. The summed E-state index contributed by atoms with van der Waals surface area (Å²) in [7, 11) is 1.66. The molecule has 0 saturated carbocycles. The van der Waals surface area contributed by atoms with Gasteiger partial charge in [-0.2, -0.15) is 11.8 Å². The normalized spacial score (nSPS) is 27.9. The van der Waals surface area contributed by atoms with Crippen LogP contribution >= 0.6 is 11.8 Å². The number of ether oxygens (including phenoxy) is 1. The number of hydrogen-bond donors (Lipinski definition) is 2. The van der Waals surface area contributed by atoms with Crippen molar-refractivity contribution in [1.29, 1.82) is 0 Å². The Morgan fingerprint density at radius 1 is 1.73 bits per heavy atom. The lowest BCUT2D eigenvalue weighted by Gasteiger charge is -2.26. The number of methoxy groups -OCH3 is 1. The van der Waals surface area contributed by atoms with Gasteiger partial charge >= 0.3 is 5.97 Å². The van der Waals surface area contributed by atoms with E-state index >= 15 is 0 Å². The number of hydrogen-bond acceptors (Lipinski definition) is 4. The minimum atomic E-state index is -0.725. The Bertz CT molecular complexity index is 217. The highest BCUT2D eigenvalue weighted by Gasteiger charge is 2.41. The monoisotopic (exact) mass is 233 g/mol. The number of nitrogens with one attached hydrogen (secondary N) is 1. The van der Waals surface area contributed by atoms with E-state index in [0.29, 0.717) is 31.2 Å². The number of carboxylic acid groups (broad SMARTS) is 1. The predicted molar refractivity (Wildman–Crippen MR) is 61.4 cm³/mol. The molecule has 15 heavy (non-hydrogen) atoms. The highest BCUT2D eigenvalue weighted by atomic mass is 32.2. The topological polar surface area (TPSA) is 58.6 Å². The van der Waals surface area contributed by atoms with Crippen LogP contribution in [0.15, 0.2) is 0 Å². The molecule has 0 radical (unpaired) electrons. The minimum Gasteiger partial charge on any atom is -0.480 e. The average Bonchev–Trinajstić information content (AvgIpc) is 2.65. The molecule has 1 aliphatic heterocycles. The van der Waals surface area contributed by atoms with Crippen LogP contribution < -0.4 is 5.32 Å². The zero-order chi connectivity index (χ0) is 11.3. The van der Waals surface area contributed by atoms with Crippen molar-refractivity contribution in [3.05, 3.63) is 0 Å². The van der Waals surface area contributed by atoms with Gasteiger partial charge in [0.15, 0.2) is 0 Å². The average molecular weight is 233 g/mol. The fraction of sp³-hybridized carbons (Fsp3) is 0.900. The van der Waals surface area contributed by atoms with Crippen molar-refractivity contribution in [1.82, 2.24) is 5.32 Å². The van der Waals surface area contributed by atoms with Gasteiger partial charge in [0.1, 0.15) is 5.54 Å². The van der Waals surface area contributed by atoms with Crippen molar-refractivity contribution >= 4 is 17.7 Å². The summed E-state index contributed by atoms with van der Waals surface area (Å²) in [6.07, 6.45) is 0.715. The molecule has 0 aromatic rings. The molecule has 5 heteroatoms. The Labute approximate surface area is 94.8 Å². The molecule has 0 aromatic carbocycles. The molecule has 1 aliphatic rings. The van der Waals surface area contributed by atoms with E-state index in [2.05, 4.69) is 5.32 Å². The molecule has 1 fully saturated rings. The van der Waals surface area contributed by atoms with Crippen molar-refractivity contribution < 1.29 is 14.6 Å². The highest BCUT2D eigenvalue weighted by molar-refractivity contribution is 7.99. The standard InChI is InChI=1S/C10H19NO3S/c1-8(6-14-2)5-11-10(9(12)13)3-4-15-7-10/h8,11H,3-7H2,1-2H3,(H,12,13). The molecule has 2 unspecified atom stereocenters. The lowest BCUT2D eigenvalue weighted by atomic mass is 9.98. The maximum Gasteiger partial charge on any atom is 0.324 e. The third kappa shape index (κ3) is 3.36. The van der Waals surface area contributed by atoms with Gasteiger partial charge in [-0.3, -0.25) is 4.79 Å². The fourth-order valence-corrected chi connectivity index (χ4v) is 3.02. The predicted octanol–water partition coefficient (Wildman–Crippen LogP) is 0.819. The molecule has 0 spiro atoms. The van der Waals surface area contributed by atoms with Gasteiger partial charge in [0, 0.05) is 26.0 Å². The van der Waals surface area contributed by atoms with Crippen molar-refractivity contribution in [2.24, 2.45) is 5.92 Å². The van der Waals surface area contributed by atoms with Crippen LogP contribution in [-0.4, -0.2) is 48.4 Å². The van der Waals surface area contributed by atoms with Gasteiger partial charge in [-0.1, -0.05) is 6.92 Å². The Kier molecular flexibility index (Phi) is 4.89. The van der Waals surface area contributed by atoms with Gasteiger partial charge < -0.3 is 15.2 Å². The van der Waals surface area contributed by atoms with E-state index < -0.39 is 11.5 Å². The second-order valence-corrected chi connectivity index (χ2v) is 5.24. The first-order chi connectivity index (χ1) is 7.10. The molecular formula is C10H19NO3S. The maximum atomic E-state index is 11.2. The summed E-state index contributed by atoms with van der Waals surface area (Å²) < 4.78 is 5.02. The van der Waals surface area contributed by atoms with E-state index in [1.54, 1.807) is 18.9 Å². The molecule has 1 rings (SSSR count). The number of carboxylic acids is 1. The molecule has 0 amide bonds. The molecule has 1 saturated heterocycles. The van der Waals surface area contributed by atoms with Crippen molar-refractivity contribution in [3.63, 3.8) is 0 Å². The Balaban J connectivity index is 2.42. The molecule has 88 valence electrons. The van der Waals surface area contributed by atoms with Crippen LogP contribution in [0.5, 0.6) is 0 Å². The minimum absolute atomic E-state index is 0.344. The van der Waals surface area contributed by atoms with Crippen molar-refractivity contribution in [3.8, 4) is 0 Å². The Morgan fingerprint density at radius 2 is 2.47 bits per heavy atom. The summed E-state index contributed by atoms with van der Waals surface area (Å²) in [5, 5.41) is 12.4. The molecular weight excluding hydrogens is 214 g/mol. The molecule has 2 atom stereocenters. The SMILES string of the molecule is COCC(C)CNC1(C(=O)O)CCSC1. The van der Waals surface area contributed by atoms with Crippen molar-refractivity contribution in [2.75, 3.05) is 31.8 Å². The smallest absolute Gasteiger partial charge is 0.324 e. The van der Waals surface area contributed by atoms with Gasteiger partial charge in [-0.25, -0.2) is 0 Å². The first kappa shape index (κ1) is 12.8. The lowest BCUT2D eigenvalue weighted by Crippen LogP contribution is -2.53. The second kappa shape index (κ2) is 5.72. The summed E-state index contributed by atoms with van der Waals surface area (Å²) in [6.45, 7) is 3.41. The fourth-order valence-electron chi connectivity index (χ4n) is 1.66. The second-order valence-electron chi connectivity index (χ2n) is 4.13. The Morgan fingerprint density at radius 3 is 2.93 bits per heavy atom. The summed E-state index contributed by atoms with van der Waals surface area (Å²) in [6, 6.07) is 0. The van der Waals surface area contributed by atoms with E-state index in [9.17, 15) is 9.90 Å². The largest absolute Gasteiger partial charge is 0.480 e. The molecule has 0 bridgehead atoms. The number of thioether (sulfide) groups is 1. The van der Waals surface area contributed by atoms with Crippen LogP contribution in [-0.2, 0) is 9.53 Å². The van der Waals surface area contributed by atoms with E-state index in [-0.39, 0.29) is 0 Å². The molecule has 0 aromatic heterocycles. The summed E-state index contributed by atoms with van der Waals surface area (Å²) in [5.74, 6) is 1.22. The molecule has 2 N–H and O–H groups in total. The van der Waals surface area contributed by atoms with Gasteiger partial charge in [0.25, 0.3) is 0 Å². The number of aliphatic carboxylic acids is 1. The third-order valence-corrected chi connectivity index (χ3v) is 3.86. The zero-order valence-corrected chi connectivity index (χ0v) is 10.1. The molecule has 0 aliphatic carbocycles. The molecule has 1 heterocycles. The van der Waals surface area contributed by atoms with Gasteiger partial charge in [-0.05, 0) is 18.1 Å². The summed E-state index contributed by atoms with van der Waals surface area (Å²) in [4.78, 5) is 11.2. The quantitative estimate of drug-likeness (QED) is 0.711. The molecule has 4 nitrogen and oxygen atoms in total. The zero-order valence-electron chi connectivity index (χ0n) is 9.28. The number of rotatable bonds is 6. The van der Waals surface area contributed by atoms with Crippen LogP contribution in [0, 0.1) is 5.92 Å². The van der Waals surface area contributed by atoms with Crippen molar-refractivity contribution in [2.45, 2.75) is 18.9 Å². The van der Waals surface area contributed by atoms with E-state index in [0.717, 1.165) is 5.75 Å². The van der Waals surface area contributed by atoms with Crippen LogP contribution in [0.3, 0.4) is 0 Å². The van der Waals surface area contributed by atoms with E-state index in [4.69, 9.17) is 4.74 Å². The highest BCUT2D eigenvalue weighted by Crippen LogP contribution is 2.28. The summed E-state index contributed by atoms with van der Waals surface area (Å²) in [5.41, 5.74) is -0.702. The summed E-state index contributed by atoms with van der Waals surface area (Å²) >= 11 is 1.70. The lowest BCUT2D eigenvalue weighted by molar-refractivity contribution is -0.143. The first-order valence-corrected chi connectivity index (χ1v) is 6.31. The van der Waals surface area contributed by atoms with Crippen LogP contribution in [0.25, 0.3) is 0 Å². The van der Waals surface area contributed by atoms with E-state index in [1.165, 1.54) is 0 Å². The number of carbonyl (C=O) groups is 1. The van der Waals surface area contributed by atoms with Crippen LogP contribution in [0.2, 0.25) is 0 Å². The van der Waals surface area contributed by atoms with Crippen LogP contribution in [0.4, 0.5) is 0 Å². The van der Waals surface area contributed by atoms with Gasteiger partial charge in [-0.15, -0.1) is 0 Å². The first-order valence-electron chi connectivity index (χ1n) is 5.16. The Hall–Kier alpha value is -0.260. The van der Waals surface area contributed by atoms with E-state index in [1.807, 2.05) is 6.92 Å². The van der Waals surface area contributed by atoms with Gasteiger partial charge in [0.05, 0.1) is 0 Å². The van der Waals surface area contributed by atoms with Gasteiger partial charge in [0.2, 0.25) is 0 Å².